The molecule has 0 fully saturated rings. The molecule has 1 aromatic carbocycles. The zero-order valence-corrected chi connectivity index (χ0v) is 14.0. The molecule has 20 heavy (non-hydrogen) atoms. The van der Waals surface area contributed by atoms with E-state index in [0.29, 0.717) is 4.47 Å². The highest BCUT2D eigenvalue weighted by Gasteiger charge is 2.19. The average molecular weight is 397 g/mol. The van der Waals surface area contributed by atoms with Crippen LogP contribution in [0.15, 0.2) is 33.6 Å². The summed E-state index contributed by atoms with van der Waals surface area (Å²) in [6.45, 7) is 1.86. The molecule has 5 nitrogen and oxygen atoms in total. The summed E-state index contributed by atoms with van der Waals surface area (Å²) in [5.41, 5.74) is 0.934. The molecule has 0 spiro atoms. The van der Waals surface area contributed by atoms with Crippen molar-refractivity contribution in [2.45, 2.75) is 11.8 Å². The first-order valence-electron chi connectivity index (χ1n) is 5.27. The molecule has 0 aliphatic heterocycles. The second-order valence-electron chi connectivity index (χ2n) is 3.88. The van der Waals surface area contributed by atoms with Gasteiger partial charge in [-0.3, -0.25) is 4.72 Å². The maximum absolute atomic E-state index is 12.3. The number of rotatable bonds is 3. The Bertz CT molecular complexity index is 748. The Labute approximate surface area is 134 Å². The SMILES string of the molecule is Cc1ccc(S(=O)(=O)Nc2cc(Cl)nc(Cl)n2)c(Br)c1. The highest BCUT2D eigenvalue weighted by atomic mass is 79.9. The molecule has 0 bridgehead atoms. The Morgan fingerprint density at radius 3 is 2.50 bits per heavy atom. The third-order valence-corrected chi connectivity index (χ3v) is 4.98. The molecular formula is C11H8BrCl2N3O2S. The van der Waals surface area contributed by atoms with Gasteiger partial charge in [0.2, 0.25) is 5.28 Å². The van der Waals surface area contributed by atoms with Crippen LogP contribution in [0.4, 0.5) is 5.82 Å². The van der Waals surface area contributed by atoms with E-state index in [1.54, 1.807) is 12.1 Å². The fourth-order valence-electron chi connectivity index (χ4n) is 1.46. The van der Waals surface area contributed by atoms with Gasteiger partial charge in [-0.1, -0.05) is 17.7 Å². The van der Waals surface area contributed by atoms with E-state index in [-0.39, 0.29) is 21.2 Å². The summed E-state index contributed by atoms with van der Waals surface area (Å²) >= 11 is 14.5. The van der Waals surface area contributed by atoms with E-state index in [1.165, 1.54) is 12.1 Å². The molecule has 0 amide bonds. The van der Waals surface area contributed by atoms with Crippen molar-refractivity contribution >= 4 is 55.0 Å². The lowest BCUT2D eigenvalue weighted by atomic mass is 10.2. The van der Waals surface area contributed by atoms with Crippen LogP contribution in [0, 0.1) is 6.92 Å². The van der Waals surface area contributed by atoms with Crippen molar-refractivity contribution in [2.75, 3.05) is 4.72 Å². The number of sulfonamides is 1. The van der Waals surface area contributed by atoms with Crippen LogP contribution in [0.2, 0.25) is 10.4 Å². The van der Waals surface area contributed by atoms with Crippen molar-refractivity contribution in [3.8, 4) is 0 Å². The van der Waals surface area contributed by atoms with Gasteiger partial charge in [0.15, 0.2) is 0 Å². The minimum atomic E-state index is -3.80. The second kappa shape index (κ2) is 5.85. The van der Waals surface area contributed by atoms with E-state index in [1.807, 2.05) is 6.92 Å². The summed E-state index contributed by atoms with van der Waals surface area (Å²) in [4.78, 5) is 7.49. The first-order chi connectivity index (χ1) is 9.28. The van der Waals surface area contributed by atoms with Crippen molar-refractivity contribution in [3.63, 3.8) is 0 Å². The van der Waals surface area contributed by atoms with Gasteiger partial charge in [0.1, 0.15) is 15.9 Å². The normalized spacial score (nSPS) is 11.4. The van der Waals surface area contributed by atoms with Crippen molar-refractivity contribution in [3.05, 3.63) is 44.7 Å². The summed E-state index contributed by atoms with van der Waals surface area (Å²) in [6.07, 6.45) is 0. The molecule has 0 atom stereocenters. The Balaban J connectivity index is 2.40. The van der Waals surface area contributed by atoms with Crippen molar-refractivity contribution in [2.24, 2.45) is 0 Å². The average Bonchev–Trinajstić information content (AvgIpc) is 2.25. The number of hydrogen-bond acceptors (Lipinski definition) is 4. The third kappa shape index (κ3) is 3.60. The number of nitrogens with zero attached hydrogens (tertiary/aromatic N) is 2. The fraction of sp³-hybridized carbons (Fsp3) is 0.0909. The van der Waals surface area contributed by atoms with Crippen LogP contribution in [0.3, 0.4) is 0 Å². The van der Waals surface area contributed by atoms with Gasteiger partial charge in [-0.05, 0) is 52.2 Å². The quantitative estimate of drug-likeness (QED) is 0.634. The lowest BCUT2D eigenvalue weighted by Gasteiger charge is -2.09. The standard InChI is InChI=1S/C11H8BrCl2N3O2S/c1-6-2-3-8(7(12)4-6)20(18,19)17-10-5-9(13)15-11(14)16-10/h2-5H,1H3,(H,15,16,17). The minimum absolute atomic E-state index is 0.00229. The second-order valence-corrected chi connectivity index (χ2v) is 7.11. The number of hydrogen-bond donors (Lipinski definition) is 1. The lowest BCUT2D eigenvalue weighted by molar-refractivity contribution is 0.600. The minimum Gasteiger partial charge on any atom is -0.263 e. The number of aromatic nitrogens is 2. The van der Waals surface area contributed by atoms with Crippen molar-refractivity contribution in [1.29, 1.82) is 0 Å². The summed E-state index contributed by atoms with van der Waals surface area (Å²) in [7, 11) is -3.80. The van der Waals surface area contributed by atoms with E-state index in [0.717, 1.165) is 5.56 Å². The van der Waals surface area contributed by atoms with Crippen LogP contribution in [-0.4, -0.2) is 18.4 Å². The van der Waals surface area contributed by atoms with Gasteiger partial charge in [0.25, 0.3) is 10.0 Å². The predicted octanol–water partition coefficient (Wildman–Crippen LogP) is 3.66. The highest BCUT2D eigenvalue weighted by molar-refractivity contribution is 9.10. The summed E-state index contributed by atoms with van der Waals surface area (Å²) in [5, 5.41) is -0.0937. The summed E-state index contributed by atoms with van der Waals surface area (Å²) in [6, 6.07) is 6.16. The molecule has 106 valence electrons. The van der Waals surface area contributed by atoms with E-state index in [4.69, 9.17) is 23.2 Å². The first-order valence-corrected chi connectivity index (χ1v) is 8.30. The van der Waals surface area contributed by atoms with Crippen LogP contribution >= 0.6 is 39.1 Å². The number of nitrogens with one attached hydrogen (secondary N) is 1. The molecule has 9 heteroatoms. The monoisotopic (exact) mass is 395 g/mol. The molecule has 0 saturated heterocycles. The Hall–Kier alpha value is -0.890. The molecule has 0 aliphatic carbocycles. The van der Waals surface area contributed by atoms with Crippen LogP contribution in [0.1, 0.15) is 5.56 Å². The maximum Gasteiger partial charge on any atom is 0.264 e. The van der Waals surface area contributed by atoms with Crippen LogP contribution in [0.25, 0.3) is 0 Å². The fourth-order valence-corrected chi connectivity index (χ4v) is 4.05. The van der Waals surface area contributed by atoms with Crippen LogP contribution in [-0.2, 0) is 10.0 Å². The molecule has 2 aromatic rings. The van der Waals surface area contributed by atoms with E-state index < -0.39 is 10.0 Å². The van der Waals surface area contributed by atoms with E-state index in [9.17, 15) is 8.42 Å². The Kier molecular flexibility index (Phi) is 4.53. The number of anilines is 1. The molecule has 0 aliphatic rings. The van der Waals surface area contributed by atoms with Gasteiger partial charge in [-0.25, -0.2) is 13.4 Å². The topological polar surface area (TPSA) is 72.0 Å². The molecule has 0 saturated carbocycles. The molecular weight excluding hydrogens is 389 g/mol. The van der Waals surface area contributed by atoms with Crippen LogP contribution < -0.4 is 4.72 Å². The highest BCUT2D eigenvalue weighted by Crippen LogP contribution is 2.25. The Morgan fingerprint density at radius 2 is 1.90 bits per heavy atom. The molecule has 0 radical (unpaired) electrons. The maximum atomic E-state index is 12.3. The number of aryl methyl sites for hydroxylation is 1. The zero-order chi connectivity index (χ0) is 14.9. The lowest BCUT2D eigenvalue weighted by Crippen LogP contribution is -2.14. The smallest absolute Gasteiger partial charge is 0.263 e. The third-order valence-electron chi connectivity index (χ3n) is 2.28. The zero-order valence-electron chi connectivity index (χ0n) is 10.1. The van der Waals surface area contributed by atoms with Gasteiger partial charge < -0.3 is 0 Å². The summed E-state index contributed by atoms with van der Waals surface area (Å²) in [5.74, 6) is 0.00229. The predicted molar refractivity (Wildman–Crippen MR) is 81.7 cm³/mol. The molecule has 1 N–H and O–H groups in total. The van der Waals surface area contributed by atoms with Crippen molar-refractivity contribution < 1.29 is 8.42 Å². The van der Waals surface area contributed by atoms with Gasteiger partial charge in [0, 0.05) is 10.5 Å². The van der Waals surface area contributed by atoms with Gasteiger partial charge >= 0.3 is 0 Å². The van der Waals surface area contributed by atoms with Crippen LogP contribution in [0.5, 0.6) is 0 Å². The Morgan fingerprint density at radius 1 is 1.20 bits per heavy atom. The van der Waals surface area contributed by atoms with Crippen molar-refractivity contribution in [1.82, 2.24) is 9.97 Å². The number of halogens is 3. The largest absolute Gasteiger partial charge is 0.264 e. The molecule has 2 rings (SSSR count). The first kappa shape index (κ1) is 15.5. The molecule has 0 unspecified atom stereocenters. The van der Waals surface area contributed by atoms with Gasteiger partial charge in [0.05, 0.1) is 0 Å². The van der Waals surface area contributed by atoms with E-state index in [2.05, 4.69) is 30.6 Å². The summed E-state index contributed by atoms with van der Waals surface area (Å²) < 4.78 is 27.3. The van der Waals surface area contributed by atoms with Gasteiger partial charge in [-0.15, -0.1) is 0 Å². The number of benzene rings is 1. The molecule has 1 heterocycles. The molecule has 1 aromatic heterocycles. The van der Waals surface area contributed by atoms with E-state index >= 15 is 0 Å². The van der Waals surface area contributed by atoms with Gasteiger partial charge in [-0.2, -0.15) is 4.98 Å².